The number of aldehydes is 1. The molecule has 1 aliphatic carbocycles. The number of carbonyl (C=O) groups is 2. The van der Waals surface area contributed by atoms with Crippen LogP contribution in [0.2, 0.25) is 0 Å². The van der Waals surface area contributed by atoms with E-state index in [9.17, 15) is 9.59 Å². The maximum Gasteiger partial charge on any atom is 0.303 e. The van der Waals surface area contributed by atoms with Gasteiger partial charge in [-0.1, -0.05) is 6.08 Å². The molecule has 3 nitrogen and oxygen atoms in total. The summed E-state index contributed by atoms with van der Waals surface area (Å²) in [5.41, 5.74) is 0. The van der Waals surface area contributed by atoms with E-state index >= 15 is 0 Å². The van der Waals surface area contributed by atoms with E-state index in [1.807, 2.05) is 6.08 Å². The standard InChI is InChI=1S/C9H12O3/c1-7(11)12-9-5-3-2-4-8(9)6-10/h3,5-6,8-9H,2,4H2,1H3/t8-,9+/m1/s1. The Balaban J connectivity index is 2.57. The highest BCUT2D eigenvalue weighted by Gasteiger charge is 2.23. The zero-order valence-electron chi connectivity index (χ0n) is 7.03. The van der Waals surface area contributed by atoms with Crippen molar-refractivity contribution < 1.29 is 14.3 Å². The van der Waals surface area contributed by atoms with Crippen LogP contribution in [0.4, 0.5) is 0 Å². The Hall–Kier alpha value is -1.12. The van der Waals surface area contributed by atoms with Gasteiger partial charge in [-0.15, -0.1) is 0 Å². The van der Waals surface area contributed by atoms with Gasteiger partial charge in [0.05, 0.1) is 5.92 Å². The van der Waals surface area contributed by atoms with E-state index in [1.165, 1.54) is 6.92 Å². The first kappa shape index (κ1) is 8.97. The molecule has 0 aliphatic heterocycles. The van der Waals surface area contributed by atoms with E-state index in [-0.39, 0.29) is 18.0 Å². The molecule has 0 bridgehead atoms. The third kappa shape index (κ3) is 2.19. The molecule has 0 amide bonds. The number of rotatable bonds is 2. The molecule has 0 radical (unpaired) electrons. The summed E-state index contributed by atoms with van der Waals surface area (Å²) in [5.74, 6) is -0.489. The van der Waals surface area contributed by atoms with Crippen molar-refractivity contribution in [3.05, 3.63) is 12.2 Å². The molecule has 2 atom stereocenters. The monoisotopic (exact) mass is 168 g/mol. The van der Waals surface area contributed by atoms with Crippen LogP contribution in [0.1, 0.15) is 19.8 Å². The molecule has 0 fully saturated rings. The summed E-state index contributed by atoms with van der Waals surface area (Å²) in [4.78, 5) is 21.1. The molecular formula is C9H12O3. The van der Waals surface area contributed by atoms with Gasteiger partial charge >= 0.3 is 5.97 Å². The third-order valence-corrected chi connectivity index (χ3v) is 1.89. The van der Waals surface area contributed by atoms with E-state index < -0.39 is 0 Å². The fraction of sp³-hybridized carbons (Fsp3) is 0.556. The van der Waals surface area contributed by atoms with Gasteiger partial charge in [0, 0.05) is 6.92 Å². The summed E-state index contributed by atoms with van der Waals surface area (Å²) in [6.07, 6.45) is 5.90. The SMILES string of the molecule is CC(=O)O[C@H]1C=CCC[C@@H]1C=O. The van der Waals surface area contributed by atoms with Crippen molar-refractivity contribution in [1.29, 1.82) is 0 Å². The Labute approximate surface area is 71.4 Å². The molecular weight excluding hydrogens is 156 g/mol. The lowest BCUT2D eigenvalue weighted by atomic mass is 9.93. The Kier molecular flexibility index (Phi) is 3.02. The van der Waals surface area contributed by atoms with Crippen LogP contribution < -0.4 is 0 Å². The normalized spacial score (nSPS) is 28.1. The highest BCUT2D eigenvalue weighted by Crippen LogP contribution is 2.19. The van der Waals surface area contributed by atoms with Crippen molar-refractivity contribution in [3.8, 4) is 0 Å². The van der Waals surface area contributed by atoms with Crippen molar-refractivity contribution in [2.75, 3.05) is 0 Å². The van der Waals surface area contributed by atoms with Gasteiger partial charge in [-0.25, -0.2) is 0 Å². The fourth-order valence-electron chi connectivity index (χ4n) is 1.29. The average molecular weight is 168 g/mol. The Morgan fingerprint density at radius 2 is 2.42 bits per heavy atom. The van der Waals surface area contributed by atoms with Gasteiger partial charge in [0.1, 0.15) is 12.4 Å². The summed E-state index contributed by atoms with van der Waals surface area (Å²) in [5, 5.41) is 0. The average Bonchev–Trinajstić information content (AvgIpc) is 2.04. The van der Waals surface area contributed by atoms with Crippen LogP contribution in [0.5, 0.6) is 0 Å². The second-order valence-electron chi connectivity index (χ2n) is 2.88. The van der Waals surface area contributed by atoms with E-state index in [4.69, 9.17) is 4.74 Å². The van der Waals surface area contributed by atoms with Gasteiger partial charge in [0.25, 0.3) is 0 Å². The first-order valence-corrected chi connectivity index (χ1v) is 4.03. The van der Waals surface area contributed by atoms with E-state index in [0.29, 0.717) is 0 Å². The molecule has 1 aliphatic rings. The largest absolute Gasteiger partial charge is 0.458 e. The maximum absolute atomic E-state index is 10.6. The third-order valence-electron chi connectivity index (χ3n) is 1.89. The van der Waals surface area contributed by atoms with Gasteiger partial charge < -0.3 is 9.53 Å². The molecule has 0 aromatic carbocycles. The van der Waals surface area contributed by atoms with Gasteiger partial charge in [-0.2, -0.15) is 0 Å². The number of esters is 1. The summed E-state index contributed by atoms with van der Waals surface area (Å²) in [6.45, 7) is 1.35. The second kappa shape index (κ2) is 4.04. The highest BCUT2D eigenvalue weighted by atomic mass is 16.5. The van der Waals surface area contributed by atoms with E-state index in [1.54, 1.807) is 6.08 Å². The Bertz CT molecular complexity index is 208. The summed E-state index contributed by atoms with van der Waals surface area (Å²) < 4.78 is 4.94. The van der Waals surface area contributed by atoms with Gasteiger partial charge in [-0.3, -0.25) is 4.79 Å². The van der Waals surface area contributed by atoms with Crippen molar-refractivity contribution >= 4 is 12.3 Å². The summed E-state index contributed by atoms with van der Waals surface area (Å²) in [6, 6.07) is 0. The molecule has 0 saturated carbocycles. The topological polar surface area (TPSA) is 43.4 Å². The molecule has 0 aromatic rings. The zero-order chi connectivity index (χ0) is 8.97. The predicted molar refractivity (Wildman–Crippen MR) is 43.5 cm³/mol. The van der Waals surface area contributed by atoms with Gasteiger partial charge in [0.15, 0.2) is 0 Å². The lowest BCUT2D eigenvalue weighted by Gasteiger charge is -2.22. The molecule has 3 heteroatoms. The quantitative estimate of drug-likeness (QED) is 0.352. The van der Waals surface area contributed by atoms with Crippen molar-refractivity contribution in [3.63, 3.8) is 0 Å². The van der Waals surface area contributed by atoms with Gasteiger partial charge in [0.2, 0.25) is 0 Å². The van der Waals surface area contributed by atoms with Crippen LogP contribution in [0, 0.1) is 5.92 Å². The van der Waals surface area contributed by atoms with Crippen LogP contribution in [0.3, 0.4) is 0 Å². The number of carbonyl (C=O) groups excluding carboxylic acids is 2. The fourth-order valence-corrected chi connectivity index (χ4v) is 1.29. The lowest BCUT2D eigenvalue weighted by molar-refractivity contribution is -0.147. The Morgan fingerprint density at radius 3 is 3.00 bits per heavy atom. The minimum absolute atomic E-state index is 0.154. The van der Waals surface area contributed by atoms with Crippen LogP contribution in [-0.2, 0) is 14.3 Å². The summed E-state index contributed by atoms with van der Waals surface area (Å²) >= 11 is 0. The van der Waals surface area contributed by atoms with Crippen LogP contribution in [-0.4, -0.2) is 18.4 Å². The Morgan fingerprint density at radius 1 is 1.67 bits per heavy atom. The van der Waals surface area contributed by atoms with E-state index in [2.05, 4.69) is 0 Å². The molecule has 0 saturated heterocycles. The molecule has 0 unspecified atom stereocenters. The highest BCUT2D eigenvalue weighted by molar-refractivity contribution is 5.67. The minimum Gasteiger partial charge on any atom is -0.458 e. The second-order valence-corrected chi connectivity index (χ2v) is 2.88. The van der Waals surface area contributed by atoms with Crippen molar-refractivity contribution in [1.82, 2.24) is 0 Å². The predicted octanol–water partition coefficient (Wildman–Crippen LogP) is 1.08. The summed E-state index contributed by atoms with van der Waals surface area (Å²) in [7, 11) is 0. The molecule has 0 N–H and O–H groups in total. The molecule has 0 aromatic heterocycles. The van der Waals surface area contributed by atoms with Crippen LogP contribution in [0.25, 0.3) is 0 Å². The van der Waals surface area contributed by atoms with Crippen LogP contribution >= 0.6 is 0 Å². The number of hydrogen-bond acceptors (Lipinski definition) is 3. The maximum atomic E-state index is 10.6. The molecule has 12 heavy (non-hydrogen) atoms. The first-order valence-electron chi connectivity index (χ1n) is 4.03. The number of ether oxygens (including phenoxy) is 1. The molecule has 0 heterocycles. The number of hydrogen-bond donors (Lipinski definition) is 0. The van der Waals surface area contributed by atoms with Crippen LogP contribution in [0.15, 0.2) is 12.2 Å². The van der Waals surface area contributed by atoms with Gasteiger partial charge in [-0.05, 0) is 18.9 Å². The minimum atomic E-state index is -0.339. The van der Waals surface area contributed by atoms with Crippen molar-refractivity contribution in [2.24, 2.45) is 5.92 Å². The first-order chi connectivity index (χ1) is 5.74. The molecule has 1 rings (SSSR count). The number of allylic oxidation sites excluding steroid dienone is 1. The lowest BCUT2D eigenvalue weighted by Crippen LogP contribution is -2.27. The van der Waals surface area contributed by atoms with Crippen molar-refractivity contribution in [2.45, 2.75) is 25.9 Å². The molecule has 66 valence electrons. The molecule has 0 spiro atoms. The zero-order valence-corrected chi connectivity index (χ0v) is 7.03. The van der Waals surface area contributed by atoms with E-state index in [0.717, 1.165) is 19.1 Å². The smallest absolute Gasteiger partial charge is 0.303 e.